The van der Waals surface area contributed by atoms with Crippen molar-refractivity contribution in [3.05, 3.63) is 216 Å². The molecule has 1 aromatic heterocycles. The topological polar surface area (TPSA) is 25.8 Å². The van der Waals surface area contributed by atoms with Crippen molar-refractivity contribution in [1.29, 1.82) is 0 Å². The first kappa shape index (κ1) is 30.3. The first-order valence-corrected chi connectivity index (χ1v) is 19.0. The van der Waals surface area contributed by atoms with E-state index in [4.69, 9.17) is 9.97 Å². The summed E-state index contributed by atoms with van der Waals surface area (Å²) in [4.78, 5) is 10.2. The van der Waals surface area contributed by atoms with Crippen LogP contribution in [0.4, 0.5) is 0 Å². The molecule has 2 heteroatoms. The monoisotopic (exact) mass is 696 g/mol. The van der Waals surface area contributed by atoms with Gasteiger partial charge in [0.25, 0.3) is 0 Å². The highest BCUT2D eigenvalue weighted by atomic mass is 14.9. The Balaban J connectivity index is 1.06. The van der Waals surface area contributed by atoms with Gasteiger partial charge in [-0.1, -0.05) is 176 Å². The van der Waals surface area contributed by atoms with Crippen molar-refractivity contribution in [2.45, 2.75) is 5.41 Å². The Labute approximate surface area is 319 Å². The largest absolute Gasteiger partial charge is 0.228 e. The first-order chi connectivity index (χ1) is 27.3. The molecule has 0 fully saturated rings. The lowest BCUT2D eigenvalue weighted by atomic mass is 9.68. The van der Waals surface area contributed by atoms with Crippen LogP contribution in [0.5, 0.6) is 0 Å². The van der Waals surface area contributed by atoms with Crippen LogP contribution < -0.4 is 0 Å². The highest BCUT2D eigenvalue weighted by Gasteiger charge is 2.53. The number of rotatable bonds is 3. The summed E-state index contributed by atoms with van der Waals surface area (Å²) < 4.78 is 0. The molecule has 0 N–H and O–H groups in total. The maximum Gasteiger partial charge on any atom is 0.160 e. The van der Waals surface area contributed by atoms with Crippen LogP contribution in [-0.4, -0.2) is 9.97 Å². The lowest BCUT2D eigenvalue weighted by Crippen LogP contribution is -2.26. The molecule has 2 aliphatic rings. The Morgan fingerprint density at radius 3 is 1.69 bits per heavy atom. The van der Waals surface area contributed by atoms with E-state index in [0.717, 1.165) is 39.1 Å². The molecule has 12 rings (SSSR count). The minimum Gasteiger partial charge on any atom is -0.228 e. The van der Waals surface area contributed by atoms with Crippen LogP contribution >= 0.6 is 0 Å². The van der Waals surface area contributed by atoms with Gasteiger partial charge < -0.3 is 0 Å². The predicted molar refractivity (Wildman–Crippen MR) is 227 cm³/mol. The van der Waals surface area contributed by atoms with Crippen molar-refractivity contribution < 1.29 is 0 Å². The Morgan fingerprint density at radius 1 is 0.327 bits per heavy atom. The highest BCUT2D eigenvalue weighted by molar-refractivity contribution is 6.09. The van der Waals surface area contributed by atoms with Crippen LogP contribution in [0.3, 0.4) is 0 Å². The molecule has 2 nitrogen and oxygen atoms in total. The molecule has 0 atom stereocenters. The summed E-state index contributed by atoms with van der Waals surface area (Å²) in [5.74, 6) is 0.725. The Bertz CT molecular complexity index is 3170. The average molecular weight is 697 g/mol. The van der Waals surface area contributed by atoms with Crippen molar-refractivity contribution in [2.24, 2.45) is 0 Å². The van der Waals surface area contributed by atoms with Crippen molar-refractivity contribution in [2.75, 3.05) is 0 Å². The third-order valence-corrected chi connectivity index (χ3v) is 12.0. The molecular weight excluding hydrogens is 665 g/mol. The summed E-state index contributed by atoms with van der Waals surface area (Å²) in [6.45, 7) is 0. The minimum absolute atomic E-state index is 0.441. The van der Waals surface area contributed by atoms with E-state index in [1.807, 2.05) is 12.1 Å². The molecule has 0 bridgehead atoms. The molecular formula is C53H32N2. The van der Waals surface area contributed by atoms with Gasteiger partial charge in [0.05, 0.1) is 16.6 Å². The summed E-state index contributed by atoms with van der Waals surface area (Å²) in [7, 11) is 0. The number of hydrogen-bond donors (Lipinski definition) is 0. The zero-order chi connectivity index (χ0) is 36.1. The van der Waals surface area contributed by atoms with Crippen molar-refractivity contribution in [3.8, 4) is 56.0 Å². The number of aromatic nitrogens is 2. The van der Waals surface area contributed by atoms with E-state index in [1.165, 1.54) is 71.6 Å². The van der Waals surface area contributed by atoms with E-state index in [-0.39, 0.29) is 0 Å². The number of fused-ring (bicyclic) bond motifs is 15. The molecule has 55 heavy (non-hydrogen) atoms. The number of benzene rings is 9. The normalized spacial score (nSPS) is 13.2. The van der Waals surface area contributed by atoms with E-state index in [9.17, 15) is 0 Å². The average Bonchev–Trinajstić information content (AvgIpc) is 3.74. The SMILES string of the molecule is c1ccc(-c2nc(-c3cccc(-c4ccc5c6c(ccc5c4)-c4ccc5ccccc5c4C64c5ccccc5-c5ccccc54)c3)nc3ccccc23)cc1. The fourth-order valence-electron chi connectivity index (χ4n) is 9.80. The van der Waals surface area contributed by atoms with Crippen molar-refractivity contribution >= 4 is 32.4 Å². The first-order valence-electron chi connectivity index (χ1n) is 19.0. The van der Waals surface area contributed by atoms with Gasteiger partial charge in [-0.15, -0.1) is 0 Å². The third kappa shape index (κ3) is 4.19. The second-order valence-electron chi connectivity index (χ2n) is 14.8. The number of para-hydroxylation sites is 1. The second-order valence-corrected chi connectivity index (χ2v) is 14.8. The van der Waals surface area contributed by atoms with Crippen LogP contribution in [0, 0.1) is 0 Å². The maximum absolute atomic E-state index is 5.17. The van der Waals surface area contributed by atoms with E-state index >= 15 is 0 Å². The molecule has 254 valence electrons. The summed E-state index contributed by atoms with van der Waals surface area (Å²) in [5.41, 5.74) is 16.6. The highest BCUT2D eigenvalue weighted by Crippen LogP contribution is 2.65. The molecule has 1 spiro atoms. The van der Waals surface area contributed by atoms with Gasteiger partial charge in [0, 0.05) is 16.5 Å². The molecule has 10 aromatic rings. The minimum atomic E-state index is -0.441. The van der Waals surface area contributed by atoms with Gasteiger partial charge in [0.1, 0.15) is 0 Å². The van der Waals surface area contributed by atoms with E-state index < -0.39 is 5.41 Å². The quantitative estimate of drug-likeness (QED) is 0.184. The Hall–Kier alpha value is -7.16. The zero-order valence-electron chi connectivity index (χ0n) is 29.9. The fraction of sp³-hybridized carbons (Fsp3) is 0.0189. The van der Waals surface area contributed by atoms with Gasteiger partial charge in [-0.2, -0.15) is 0 Å². The maximum atomic E-state index is 5.17. The van der Waals surface area contributed by atoms with E-state index in [0.29, 0.717) is 0 Å². The molecule has 0 amide bonds. The summed E-state index contributed by atoms with van der Waals surface area (Å²) in [5, 5.41) is 6.16. The van der Waals surface area contributed by atoms with Gasteiger partial charge in [-0.3, -0.25) is 0 Å². The fourth-order valence-corrected chi connectivity index (χ4v) is 9.80. The van der Waals surface area contributed by atoms with Crippen LogP contribution in [0.2, 0.25) is 0 Å². The summed E-state index contributed by atoms with van der Waals surface area (Å²) >= 11 is 0. The van der Waals surface area contributed by atoms with Crippen molar-refractivity contribution in [3.63, 3.8) is 0 Å². The van der Waals surface area contributed by atoms with Gasteiger partial charge >= 0.3 is 0 Å². The molecule has 0 aliphatic heterocycles. The van der Waals surface area contributed by atoms with Gasteiger partial charge in [-0.25, -0.2) is 9.97 Å². The van der Waals surface area contributed by atoms with E-state index in [2.05, 4.69) is 182 Å². The van der Waals surface area contributed by atoms with Crippen LogP contribution in [-0.2, 0) is 5.41 Å². The lowest BCUT2D eigenvalue weighted by molar-refractivity contribution is 0.809. The zero-order valence-corrected chi connectivity index (χ0v) is 29.9. The molecule has 9 aromatic carbocycles. The Morgan fingerprint density at radius 2 is 0.909 bits per heavy atom. The standard InChI is InChI=1S/C53H32N2/c1-2-14-34(15-3-1)51-45-21-8-11-24-48(45)54-52(55-51)38-17-12-16-35(32-38)36-26-28-40-37(31-36)27-30-44-43-29-25-33-13-4-5-18-39(33)49(43)53(50(40)44)46-22-9-6-19-41(46)42-20-7-10-23-47(42)53/h1-32H. The number of hydrogen-bond acceptors (Lipinski definition) is 2. The smallest absolute Gasteiger partial charge is 0.160 e. The van der Waals surface area contributed by atoms with Gasteiger partial charge in [0.15, 0.2) is 5.82 Å². The van der Waals surface area contributed by atoms with Crippen molar-refractivity contribution in [1.82, 2.24) is 9.97 Å². The summed E-state index contributed by atoms with van der Waals surface area (Å²) in [6.07, 6.45) is 0. The molecule has 0 saturated heterocycles. The molecule has 1 heterocycles. The van der Waals surface area contributed by atoms with Gasteiger partial charge in [0.2, 0.25) is 0 Å². The van der Waals surface area contributed by atoms with Crippen LogP contribution in [0.25, 0.3) is 88.5 Å². The summed E-state index contributed by atoms with van der Waals surface area (Å²) in [6, 6.07) is 70.9. The molecule has 2 aliphatic carbocycles. The van der Waals surface area contributed by atoms with Gasteiger partial charge in [-0.05, 0) is 95.4 Å². The second kappa shape index (κ2) is 11.4. The molecule has 0 radical (unpaired) electrons. The van der Waals surface area contributed by atoms with Crippen LogP contribution in [0.15, 0.2) is 194 Å². The van der Waals surface area contributed by atoms with E-state index in [1.54, 1.807) is 0 Å². The number of nitrogens with zero attached hydrogens (tertiary/aromatic N) is 2. The molecule has 0 unspecified atom stereocenters. The molecule has 0 saturated carbocycles. The third-order valence-electron chi connectivity index (χ3n) is 12.0. The Kier molecular flexibility index (Phi) is 6.29. The van der Waals surface area contributed by atoms with Crippen LogP contribution in [0.1, 0.15) is 22.3 Å². The predicted octanol–water partition coefficient (Wildman–Crippen LogP) is 13.3. The lowest BCUT2D eigenvalue weighted by Gasteiger charge is -2.32.